The zero-order chi connectivity index (χ0) is 11.3. The highest BCUT2D eigenvalue weighted by atomic mass is 79.9. The first kappa shape index (κ1) is 12.3. The van der Waals surface area contributed by atoms with E-state index in [-0.39, 0.29) is 0 Å². The fourth-order valence-corrected chi connectivity index (χ4v) is 1.42. The molecular formula is C11H10BrF3. The van der Waals surface area contributed by atoms with E-state index in [2.05, 4.69) is 15.9 Å². The maximum Gasteiger partial charge on any atom is 0.416 e. The van der Waals surface area contributed by atoms with Gasteiger partial charge >= 0.3 is 6.18 Å². The van der Waals surface area contributed by atoms with Crippen LogP contribution in [0.15, 0.2) is 36.4 Å². The molecule has 0 N–H and O–H groups in total. The SMILES string of the molecule is FC(F)(F)c1cccc(CC=CCBr)c1. The van der Waals surface area contributed by atoms with Crippen molar-refractivity contribution in [3.05, 3.63) is 47.5 Å². The lowest BCUT2D eigenvalue weighted by Gasteiger charge is -2.07. The van der Waals surface area contributed by atoms with Crippen molar-refractivity contribution in [1.82, 2.24) is 0 Å². The fourth-order valence-electron chi connectivity index (χ4n) is 1.16. The minimum atomic E-state index is -4.25. The molecule has 1 aromatic carbocycles. The summed E-state index contributed by atoms with van der Waals surface area (Å²) in [6.07, 6.45) is -0.0326. The molecule has 15 heavy (non-hydrogen) atoms. The fraction of sp³-hybridized carbons (Fsp3) is 0.273. The van der Waals surface area contributed by atoms with Crippen molar-refractivity contribution in [2.45, 2.75) is 12.6 Å². The third-order valence-corrected chi connectivity index (χ3v) is 2.24. The number of alkyl halides is 4. The third-order valence-electron chi connectivity index (χ3n) is 1.86. The Balaban J connectivity index is 2.79. The summed E-state index contributed by atoms with van der Waals surface area (Å²) in [5, 5.41) is 0.714. The minimum absolute atomic E-state index is 0.523. The number of halogens is 4. The second-order valence-corrected chi connectivity index (χ2v) is 3.68. The number of benzene rings is 1. The van der Waals surface area contributed by atoms with Crippen LogP contribution >= 0.6 is 15.9 Å². The molecule has 0 fully saturated rings. The zero-order valence-corrected chi connectivity index (χ0v) is 9.48. The quantitative estimate of drug-likeness (QED) is 0.574. The van der Waals surface area contributed by atoms with Crippen molar-refractivity contribution in [3.8, 4) is 0 Å². The van der Waals surface area contributed by atoms with E-state index in [0.717, 1.165) is 6.07 Å². The summed E-state index contributed by atoms with van der Waals surface area (Å²) in [5.74, 6) is 0. The second-order valence-electron chi connectivity index (χ2n) is 3.03. The topological polar surface area (TPSA) is 0 Å². The summed E-state index contributed by atoms with van der Waals surface area (Å²) in [4.78, 5) is 0. The van der Waals surface area contributed by atoms with Crippen molar-refractivity contribution in [3.63, 3.8) is 0 Å². The molecule has 0 nitrogen and oxygen atoms in total. The lowest BCUT2D eigenvalue weighted by atomic mass is 10.1. The summed E-state index contributed by atoms with van der Waals surface area (Å²) in [6, 6.07) is 5.38. The Labute approximate surface area is 94.9 Å². The maximum atomic E-state index is 12.3. The van der Waals surface area contributed by atoms with Gasteiger partial charge in [-0.1, -0.05) is 46.3 Å². The average molecular weight is 279 g/mol. The van der Waals surface area contributed by atoms with Gasteiger partial charge in [0.25, 0.3) is 0 Å². The first-order valence-corrected chi connectivity index (χ1v) is 5.53. The van der Waals surface area contributed by atoms with E-state index in [9.17, 15) is 13.2 Å². The molecule has 4 heteroatoms. The number of hydrogen-bond donors (Lipinski definition) is 0. The summed E-state index contributed by atoms with van der Waals surface area (Å²) in [5.41, 5.74) is 0.0780. The Morgan fingerprint density at radius 3 is 2.53 bits per heavy atom. The van der Waals surface area contributed by atoms with Crippen LogP contribution in [0.25, 0.3) is 0 Å². The predicted molar refractivity (Wildman–Crippen MR) is 58.1 cm³/mol. The van der Waals surface area contributed by atoms with Gasteiger partial charge in [-0.2, -0.15) is 13.2 Å². The smallest absolute Gasteiger partial charge is 0.166 e. The summed E-state index contributed by atoms with van der Waals surface area (Å²) in [6.45, 7) is 0. The molecular weight excluding hydrogens is 269 g/mol. The third kappa shape index (κ3) is 4.08. The molecule has 0 atom stereocenters. The van der Waals surface area contributed by atoms with E-state index in [1.165, 1.54) is 12.1 Å². The molecule has 0 aliphatic heterocycles. The molecule has 0 saturated carbocycles. The highest BCUT2D eigenvalue weighted by molar-refractivity contribution is 9.09. The highest BCUT2D eigenvalue weighted by Crippen LogP contribution is 2.29. The summed E-state index contributed by atoms with van der Waals surface area (Å²) < 4.78 is 37.0. The molecule has 0 bridgehead atoms. The van der Waals surface area contributed by atoms with E-state index in [0.29, 0.717) is 17.3 Å². The van der Waals surface area contributed by atoms with Crippen LogP contribution < -0.4 is 0 Å². The molecule has 0 aliphatic rings. The van der Waals surface area contributed by atoms with Crippen molar-refractivity contribution >= 4 is 15.9 Å². The molecule has 1 rings (SSSR count). The van der Waals surface area contributed by atoms with E-state index < -0.39 is 11.7 Å². The van der Waals surface area contributed by atoms with Crippen LogP contribution in [0.4, 0.5) is 13.2 Å². The Kier molecular flexibility index (Phi) is 4.39. The number of rotatable bonds is 3. The molecule has 0 saturated heterocycles. The van der Waals surface area contributed by atoms with Crippen molar-refractivity contribution in [2.24, 2.45) is 0 Å². The van der Waals surface area contributed by atoms with Gasteiger partial charge in [0.15, 0.2) is 0 Å². The van der Waals surface area contributed by atoms with Gasteiger partial charge in [0, 0.05) is 5.33 Å². The van der Waals surface area contributed by atoms with Crippen LogP contribution in [0.5, 0.6) is 0 Å². The Hall–Kier alpha value is -0.770. The molecule has 0 heterocycles. The van der Waals surface area contributed by atoms with Gasteiger partial charge in [0.1, 0.15) is 0 Å². The first-order chi connectivity index (χ1) is 7.04. The van der Waals surface area contributed by atoms with Crippen LogP contribution in [-0.4, -0.2) is 5.33 Å². The monoisotopic (exact) mass is 278 g/mol. The van der Waals surface area contributed by atoms with Gasteiger partial charge in [-0.3, -0.25) is 0 Å². The second kappa shape index (κ2) is 5.35. The molecule has 1 aromatic rings. The largest absolute Gasteiger partial charge is 0.416 e. The zero-order valence-electron chi connectivity index (χ0n) is 7.89. The molecule has 0 aromatic heterocycles. The van der Waals surface area contributed by atoms with Crippen molar-refractivity contribution in [2.75, 3.05) is 5.33 Å². The number of allylic oxidation sites excluding steroid dienone is 2. The average Bonchev–Trinajstić information content (AvgIpc) is 2.17. The van der Waals surface area contributed by atoms with E-state index in [4.69, 9.17) is 0 Å². The van der Waals surface area contributed by atoms with Gasteiger partial charge in [0.2, 0.25) is 0 Å². The maximum absolute atomic E-state index is 12.3. The van der Waals surface area contributed by atoms with Crippen LogP contribution in [0.1, 0.15) is 11.1 Å². The van der Waals surface area contributed by atoms with Crippen molar-refractivity contribution in [1.29, 1.82) is 0 Å². The Morgan fingerprint density at radius 1 is 1.20 bits per heavy atom. The van der Waals surface area contributed by atoms with Crippen LogP contribution in [0.3, 0.4) is 0 Å². The van der Waals surface area contributed by atoms with E-state index in [1.807, 2.05) is 12.2 Å². The van der Waals surface area contributed by atoms with Gasteiger partial charge in [-0.05, 0) is 18.1 Å². The van der Waals surface area contributed by atoms with Gasteiger partial charge < -0.3 is 0 Å². The summed E-state index contributed by atoms with van der Waals surface area (Å²) >= 11 is 3.20. The summed E-state index contributed by atoms with van der Waals surface area (Å²) in [7, 11) is 0. The Morgan fingerprint density at radius 2 is 1.93 bits per heavy atom. The van der Waals surface area contributed by atoms with Gasteiger partial charge in [-0.15, -0.1) is 0 Å². The van der Waals surface area contributed by atoms with Crippen molar-refractivity contribution < 1.29 is 13.2 Å². The van der Waals surface area contributed by atoms with E-state index >= 15 is 0 Å². The lowest BCUT2D eigenvalue weighted by Crippen LogP contribution is -2.04. The van der Waals surface area contributed by atoms with Gasteiger partial charge in [-0.25, -0.2) is 0 Å². The Bertz CT molecular complexity index is 342. The van der Waals surface area contributed by atoms with Crippen LogP contribution in [0.2, 0.25) is 0 Å². The molecule has 0 amide bonds. The predicted octanol–water partition coefficient (Wildman–Crippen LogP) is 4.20. The van der Waals surface area contributed by atoms with Gasteiger partial charge in [0.05, 0.1) is 5.56 Å². The number of hydrogen-bond acceptors (Lipinski definition) is 0. The van der Waals surface area contributed by atoms with Crippen LogP contribution in [0, 0.1) is 0 Å². The standard InChI is InChI=1S/C11H10BrF3/c12-7-2-1-4-9-5-3-6-10(8-9)11(13,14)15/h1-3,5-6,8H,4,7H2. The normalized spacial score (nSPS) is 12.3. The minimum Gasteiger partial charge on any atom is -0.166 e. The van der Waals surface area contributed by atoms with Crippen LogP contribution in [-0.2, 0) is 12.6 Å². The highest BCUT2D eigenvalue weighted by Gasteiger charge is 2.30. The molecule has 0 spiro atoms. The molecule has 82 valence electrons. The molecule has 0 unspecified atom stereocenters. The first-order valence-electron chi connectivity index (χ1n) is 4.41. The molecule has 0 radical (unpaired) electrons. The lowest BCUT2D eigenvalue weighted by molar-refractivity contribution is -0.137. The molecule has 0 aliphatic carbocycles. The van der Waals surface area contributed by atoms with E-state index in [1.54, 1.807) is 6.07 Å².